The first-order chi connectivity index (χ1) is 14.9. The number of aryl methyl sites for hydroxylation is 2. The van der Waals surface area contributed by atoms with Crippen LogP contribution < -0.4 is 10.4 Å². The summed E-state index contributed by atoms with van der Waals surface area (Å²) in [6.07, 6.45) is 6.05. The molecule has 7 heteroatoms. The predicted octanol–water partition coefficient (Wildman–Crippen LogP) is 6.19. The molecule has 2 aromatic carbocycles. The van der Waals surface area contributed by atoms with E-state index in [1.165, 1.54) is 18.2 Å². The average molecular weight is 538 g/mol. The molecule has 0 atom stereocenters. The molecule has 0 spiro atoms. The van der Waals surface area contributed by atoms with E-state index in [1.807, 2.05) is 0 Å². The molecule has 3 N–H and O–H groups in total. The van der Waals surface area contributed by atoms with E-state index < -0.39 is 5.63 Å². The molecule has 0 bridgehead atoms. The molecule has 3 rings (SSSR count). The Morgan fingerprint density at radius 2 is 1.68 bits per heavy atom. The molecule has 0 amide bonds. The number of alkyl halides is 1. The zero-order valence-corrected chi connectivity index (χ0v) is 19.6. The van der Waals surface area contributed by atoms with Gasteiger partial charge in [-0.3, -0.25) is 0 Å². The molecule has 6 nitrogen and oxygen atoms in total. The second-order valence-corrected chi connectivity index (χ2v) is 8.65. The maximum absolute atomic E-state index is 12.8. The fraction of sp³-hybridized carbons (Fsp3) is 0.375. The molecule has 0 aliphatic heterocycles. The predicted molar refractivity (Wildman–Crippen MR) is 129 cm³/mol. The van der Waals surface area contributed by atoms with Gasteiger partial charge < -0.3 is 24.5 Å². The van der Waals surface area contributed by atoms with Crippen LogP contribution in [0.3, 0.4) is 0 Å². The van der Waals surface area contributed by atoms with Crippen LogP contribution in [0.1, 0.15) is 50.4 Å². The van der Waals surface area contributed by atoms with Crippen molar-refractivity contribution in [2.45, 2.75) is 51.9 Å². The van der Waals surface area contributed by atoms with Crippen molar-refractivity contribution in [3.63, 3.8) is 0 Å². The molecule has 0 saturated carbocycles. The highest BCUT2D eigenvalue weighted by atomic mass is 127. The molecular formula is C24H27IO6. The Kier molecular flexibility index (Phi) is 8.06. The van der Waals surface area contributed by atoms with Crippen molar-refractivity contribution >= 4 is 33.4 Å². The maximum Gasteiger partial charge on any atom is 0.347 e. The highest BCUT2D eigenvalue weighted by Crippen LogP contribution is 2.41. The number of unbranched alkanes of at least 4 members (excludes halogenated alkanes) is 3. The summed E-state index contributed by atoms with van der Waals surface area (Å²) in [6.45, 7) is 2.09. The minimum atomic E-state index is -0.553. The molecule has 0 aliphatic carbocycles. The van der Waals surface area contributed by atoms with Gasteiger partial charge in [-0.15, -0.1) is 0 Å². The van der Waals surface area contributed by atoms with Gasteiger partial charge in [-0.1, -0.05) is 42.4 Å². The first kappa shape index (κ1) is 23.2. The third kappa shape index (κ3) is 5.84. The average Bonchev–Trinajstić information content (AvgIpc) is 2.70. The fourth-order valence-electron chi connectivity index (χ4n) is 3.56. The molecule has 1 aromatic heterocycles. The van der Waals surface area contributed by atoms with E-state index in [2.05, 4.69) is 29.5 Å². The molecular weight excluding hydrogens is 511 g/mol. The van der Waals surface area contributed by atoms with E-state index >= 15 is 0 Å². The van der Waals surface area contributed by atoms with Crippen LogP contribution in [0, 0.1) is 0 Å². The number of aromatic hydroxyl groups is 3. The van der Waals surface area contributed by atoms with Crippen LogP contribution in [0.2, 0.25) is 0 Å². The van der Waals surface area contributed by atoms with Crippen LogP contribution >= 0.6 is 22.6 Å². The Morgan fingerprint density at radius 3 is 2.42 bits per heavy atom. The number of phenols is 3. The molecule has 0 aliphatic rings. The number of phenolic OH excluding ortho intramolecular Hbond substituents is 3. The van der Waals surface area contributed by atoms with E-state index in [0.717, 1.165) is 36.5 Å². The second kappa shape index (κ2) is 10.7. The van der Waals surface area contributed by atoms with Gasteiger partial charge in [0.2, 0.25) is 0 Å². The van der Waals surface area contributed by atoms with Crippen LogP contribution in [0.15, 0.2) is 39.5 Å². The molecule has 1 heterocycles. The number of ether oxygens (including phenoxy) is 1. The Morgan fingerprint density at radius 1 is 0.935 bits per heavy atom. The highest BCUT2D eigenvalue weighted by molar-refractivity contribution is 14.1. The summed E-state index contributed by atoms with van der Waals surface area (Å²) in [5, 5.41) is 31.3. The highest BCUT2D eigenvalue weighted by Gasteiger charge is 2.18. The van der Waals surface area contributed by atoms with E-state index in [-0.39, 0.29) is 34.1 Å². The number of hydrogen-bond donors (Lipinski definition) is 3. The smallest absolute Gasteiger partial charge is 0.347 e. The van der Waals surface area contributed by atoms with Gasteiger partial charge in [-0.05, 0) is 53.7 Å². The van der Waals surface area contributed by atoms with Crippen molar-refractivity contribution in [1.82, 2.24) is 0 Å². The van der Waals surface area contributed by atoms with Crippen LogP contribution in [0.4, 0.5) is 0 Å². The number of hydrogen-bond acceptors (Lipinski definition) is 6. The Hall–Kier alpha value is -2.42. The third-order valence-corrected chi connectivity index (χ3v) is 5.82. The van der Waals surface area contributed by atoms with Crippen molar-refractivity contribution in [1.29, 1.82) is 0 Å². The summed E-state index contributed by atoms with van der Waals surface area (Å²) in [5.41, 5.74) is 0.0741. The first-order valence-electron chi connectivity index (χ1n) is 10.5. The van der Waals surface area contributed by atoms with Gasteiger partial charge in [0.05, 0.1) is 0 Å². The van der Waals surface area contributed by atoms with Crippen molar-refractivity contribution < 1.29 is 24.5 Å². The maximum atomic E-state index is 12.8. The van der Waals surface area contributed by atoms with Gasteiger partial charge in [-0.2, -0.15) is 0 Å². The lowest BCUT2D eigenvalue weighted by Gasteiger charge is -2.15. The minimum absolute atomic E-state index is 0.0582. The van der Waals surface area contributed by atoms with Crippen molar-refractivity contribution in [2.24, 2.45) is 0 Å². The van der Waals surface area contributed by atoms with E-state index in [4.69, 9.17) is 9.15 Å². The fourth-order valence-corrected chi connectivity index (χ4v) is 4.10. The topological polar surface area (TPSA) is 100 Å². The van der Waals surface area contributed by atoms with Gasteiger partial charge in [0, 0.05) is 24.1 Å². The van der Waals surface area contributed by atoms with Crippen molar-refractivity contribution in [2.75, 3.05) is 4.43 Å². The van der Waals surface area contributed by atoms with Gasteiger partial charge in [0.25, 0.3) is 0 Å². The van der Waals surface area contributed by atoms with E-state index in [9.17, 15) is 20.1 Å². The lowest BCUT2D eigenvalue weighted by molar-refractivity contribution is 0.396. The van der Waals surface area contributed by atoms with Crippen molar-refractivity contribution in [3.05, 3.63) is 52.1 Å². The van der Waals surface area contributed by atoms with Crippen LogP contribution in [-0.2, 0) is 12.8 Å². The Bertz CT molecular complexity index is 1110. The molecule has 0 fully saturated rings. The first-order valence-corrected chi connectivity index (χ1v) is 12.0. The zero-order chi connectivity index (χ0) is 22.4. The second-order valence-electron chi connectivity index (χ2n) is 7.57. The SMILES string of the molecule is CCCCCc1cc(O)cc(O)c1Oc1cc(O)cc2cc(CCCCI)oc(=O)c12. The normalized spacial score (nSPS) is 11.2. The molecule has 3 aromatic rings. The summed E-state index contributed by atoms with van der Waals surface area (Å²) >= 11 is 2.31. The standard InChI is InChI=1S/C24H27IO6/c1-2-3-4-7-15-10-17(26)13-20(28)23(15)31-21-14-18(27)11-16-12-19(8-5-6-9-25)30-24(29)22(16)21/h10-14,26-28H,2-9H2,1H3. The van der Waals surface area contributed by atoms with Crippen LogP contribution in [-0.4, -0.2) is 19.7 Å². The summed E-state index contributed by atoms with van der Waals surface area (Å²) in [4.78, 5) is 12.8. The van der Waals surface area contributed by atoms with Crippen LogP contribution in [0.5, 0.6) is 28.7 Å². The third-order valence-electron chi connectivity index (χ3n) is 5.06. The molecule has 0 radical (unpaired) electrons. The number of rotatable bonds is 10. The van der Waals surface area contributed by atoms with Gasteiger partial charge >= 0.3 is 5.63 Å². The number of benzene rings is 2. The van der Waals surface area contributed by atoms with Crippen LogP contribution in [0.25, 0.3) is 10.8 Å². The number of fused-ring (bicyclic) bond motifs is 1. The summed E-state index contributed by atoms with van der Waals surface area (Å²) in [6, 6.07) is 7.31. The van der Waals surface area contributed by atoms with Gasteiger partial charge in [0.1, 0.15) is 28.4 Å². The zero-order valence-electron chi connectivity index (χ0n) is 17.5. The summed E-state index contributed by atoms with van der Waals surface area (Å²) in [7, 11) is 0. The van der Waals surface area contributed by atoms with Gasteiger partial charge in [-0.25, -0.2) is 4.79 Å². The largest absolute Gasteiger partial charge is 0.508 e. The minimum Gasteiger partial charge on any atom is -0.508 e. The lowest BCUT2D eigenvalue weighted by Crippen LogP contribution is -2.05. The molecule has 0 saturated heterocycles. The van der Waals surface area contributed by atoms with E-state index in [1.54, 1.807) is 12.1 Å². The Labute approximate surface area is 194 Å². The Balaban J connectivity index is 2.03. The number of halogens is 1. The van der Waals surface area contributed by atoms with Gasteiger partial charge in [0.15, 0.2) is 11.5 Å². The lowest BCUT2D eigenvalue weighted by atomic mass is 10.0. The van der Waals surface area contributed by atoms with E-state index in [0.29, 0.717) is 29.6 Å². The summed E-state index contributed by atoms with van der Waals surface area (Å²) in [5.74, 6) is 0.464. The quantitative estimate of drug-likeness (QED) is 0.162. The van der Waals surface area contributed by atoms with Crippen molar-refractivity contribution in [3.8, 4) is 28.7 Å². The monoisotopic (exact) mass is 538 g/mol. The molecule has 166 valence electrons. The molecule has 0 unspecified atom stereocenters. The summed E-state index contributed by atoms with van der Waals surface area (Å²) < 4.78 is 12.5. The molecule has 31 heavy (non-hydrogen) atoms.